The van der Waals surface area contributed by atoms with Crippen LogP contribution in [0.2, 0.25) is 0 Å². The van der Waals surface area contributed by atoms with Gasteiger partial charge in [-0.25, -0.2) is 4.98 Å². The number of nitrogens with zero attached hydrogens (tertiary/aromatic N) is 2. The summed E-state index contributed by atoms with van der Waals surface area (Å²) >= 11 is 1.62. The predicted molar refractivity (Wildman–Crippen MR) is 57.0 cm³/mol. The number of Topliss-reactive ketones (excluding diaryl/α,β-unsaturated/α-hetero) is 1. The van der Waals surface area contributed by atoms with Gasteiger partial charge in [0.2, 0.25) is 0 Å². The fourth-order valence-electron chi connectivity index (χ4n) is 1.77. The van der Waals surface area contributed by atoms with Crippen molar-refractivity contribution in [2.45, 2.75) is 19.3 Å². The van der Waals surface area contributed by atoms with Gasteiger partial charge in [0.15, 0.2) is 5.78 Å². The lowest BCUT2D eigenvalue weighted by atomic mass is 10.1. The van der Waals surface area contributed by atoms with Crippen LogP contribution in [0.5, 0.6) is 0 Å². The molecule has 0 amide bonds. The van der Waals surface area contributed by atoms with Gasteiger partial charge in [0.25, 0.3) is 0 Å². The second-order valence-electron chi connectivity index (χ2n) is 3.88. The van der Waals surface area contributed by atoms with Gasteiger partial charge in [-0.2, -0.15) is 0 Å². The highest BCUT2D eigenvalue weighted by Crippen LogP contribution is 2.28. The number of thiazole rings is 1. The molecule has 0 aliphatic carbocycles. The molecule has 1 aromatic heterocycles. The lowest BCUT2D eigenvalue weighted by Gasteiger charge is -2.06. The van der Waals surface area contributed by atoms with Gasteiger partial charge in [-0.1, -0.05) is 0 Å². The highest BCUT2D eigenvalue weighted by Gasteiger charge is 2.24. The van der Waals surface area contributed by atoms with Gasteiger partial charge in [-0.05, 0) is 20.0 Å². The number of hydrogen-bond donors (Lipinski definition) is 0. The van der Waals surface area contributed by atoms with Crippen LogP contribution >= 0.6 is 11.3 Å². The van der Waals surface area contributed by atoms with Crippen LogP contribution < -0.4 is 0 Å². The number of hydrogen-bond acceptors (Lipinski definition) is 4. The number of ketones is 1. The Balaban J connectivity index is 2.13. The first-order valence-corrected chi connectivity index (χ1v) is 5.69. The zero-order valence-corrected chi connectivity index (χ0v) is 9.30. The second-order valence-corrected chi connectivity index (χ2v) is 4.76. The van der Waals surface area contributed by atoms with E-state index in [0.717, 1.165) is 18.1 Å². The van der Waals surface area contributed by atoms with Crippen molar-refractivity contribution >= 4 is 17.1 Å². The first-order valence-electron chi connectivity index (χ1n) is 4.81. The maximum atomic E-state index is 11.1. The standard InChI is InChI=1S/C10H14N2OS/c1-7(13)9-6-14-10(11-9)8-3-4-12(2)5-8/h6,8H,3-5H2,1-2H3. The minimum absolute atomic E-state index is 0.0684. The van der Waals surface area contributed by atoms with Crippen molar-refractivity contribution in [1.82, 2.24) is 9.88 Å². The number of carbonyl (C=O) groups excluding carboxylic acids is 1. The molecule has 1 aliphatic rings. The number of likely N-dealkylation sites (tertiary alicyclic amines) is 1. The number of rotatable bonds is 2. The molecule has 4 heteroatoms. The SMILES string of the molecule is CC(=O)c1csc(C2CCN(C)C2)n1. The van der Waals surface area contributed by atoms with Crippen LogP contribution in [0.1, 0.15) is 34.8 Å². The molecule has 3 nitrogen and oxygen atoms in total. The molecule has 0 bridgehead atoms. The Morgan fingerprint density at radius 2 is 2.50 bits per heavy atom. The van der Waals surface area contributed by atoms with Crippen molar-refractivity contribution in [2.75, 3.05) is 20.1 Å². The van der Waals surface area contributed by atoms with E-state index in [9.17, 15) is 4.79 Å². The Bertz CT molecular complexity index is 348. The molecule has 1 aromatic rings. The third-order valence-electron chi connectivity index (χ3n) is 2.62. The highest BCUT2D eigenvalue weighted by atomic mass is 32.1. The van der Waals surface area contributed by atoms with Gasteiger partial charge < -0.3 is 4.90 Å². The molecule has 2 rings (SSSR count). The molecule has 1 fully saturated rings. The normalized spacial score (nSPS) is 22.9. The number of aromatic nitrogens is 1. The van der Waals surface area contributed by atoms with E-state index in [4.69, 9.17) is 0 Å². The van der Waals surface area contributed by atoms with E-state index in [1.807, 2.05) is 5.38 Å². The maximum absolute atomic E-state index is 11.1. The Labute approximate surface area is 87.8 Å². The quantitative estimate of drug-likeness (QED) is 0.697. The molecule has 1 atom stereocenters. The zero-order chi connectivity index (χ0) is 10.1. The lowest BCUT2D eigenvalue weighted by molar-refractivity contribution is 0.101. The van der Waals surface area contributed by atoms with Gasteiger partial charge in [0, 0.05) is 24.8 Å². The van der Waals surface area contributed by atoms with Gasteiger partial charge in [0.1, 0.15) is 5.69 Å². The molecule has 0 radical (unpaired) electrons. The largest absolute Gasteiger partial charge is 0.306 e. The van der Waals surface area contributed by atoms with Gasteiger partial charge in [-0.3, -0.25) is 4.79 Å². The van der Waals surface area contributed by atoms with Crippen LogP contribution in [0.4, 0.5) is 0 Å². The Morgan fingerprint density at radius 3 is 3.00 bits per heavy atom. The Hall–Kier alpha value is -0.740. The molecule has 1 aliphatic heterocycles. The van der Waals surface area contributed by atoms with E-state index >= 15 is 0 Å². The summed E-state index contributed by atoms with van der Waals surface area (Å²) in [7, 11) is 2.12. The van der Waals surface area contributed by atoms with E-state index in [1.54, 1.807) is 18.3 Å². The van der Waals surface area contributed by atoms with E-state index in [0.29, 0.717) is 11.6 Å². The van der Waals surface area contributed by atoms with Crippen molar-refractivity contribution < 1.29 is 4.79 Å². The molecule has 1 unspecified atom stereocenters. The molecule has 0 aromatic carbocycles. The fourth-order valence-corrected chi connectivity index (χ4v) is 2.76. The summed E-state index contributed by atoms with van der Waals surface area (Å²) in [6.45, 7) is 3.78. The molecule has 14 heavy (non-hydrogen) atoms. The minimum Gasteiger partial charge on any atom is -0.306 e. The first kappa shape index (κ1) is 9.80. The molecule has 2 heterocycles. The summed E-state index contributed by atoms with van der Waals surface area (Å²) in [6, 6.07) is 0. The van der Waals surface area contributed by atoms with Gasteiger partial charge >= 0.3 is 0 Å². The minimum atomic E-state index is 0.0684. The molecule has 0 saturated carbocycles. The summed E-state index contributed by atoms with van der Waals surface area (Å²) in [4.78, 5) is 17.7. The van der Waals surface area contributed by atoms with Gasteiger partial charge in [-0.15, -0.1) is 11.3 Å². The van der Waals surface area contributed by atoms with Crippen LogP contribution in [0.3, 0.4) is 0 Å². The second kappa shape index (κ2) is 3.79. The smallest absolute Gasteiger partial charge is 0.178 e. The van der Waals surface area contributed by atoms with Crippen LogP contribution in [-0.4, -0.2) is 35.8 Å². The molecule has 76 valence electrons. The summed E-state index contributed by atoms with van der Waals surface area (Å²) in [5, 5.41) is 3.00. The van der Waals surface area contributed by atoms with Crippen molar-refractivity contribution in [2.24, 2.45) is 0 Å². The summed E-state index contributed by atoms with van der Waals surface area (Å²) in [6.07, 6.45) is 1.17. The van der Waals surface area contributed by atoms with Crippen molar-refractivity contribution in [3.8, 4) is 0 Å². The third kappa shape index (κ3) is 1.86. The summed E-state index contributed by atoms with van der Waals surface area (Å²) < 4.78 is 0. The van der Waals surface area contributed by atoms with Crippen molar-refractivity contribution in [1.29, 1.82) is 0 Å². The molecular formula is C10H14N2OS. The van der Waals surface area contributed by atoms with Crippen molar-refractivity contribution in [3.05, 3.63) is 16.1 Å². The Kier molecular flexibility index (Phi) is 2.65. The molecule has 0 spiro atoms. The van der Waals surface area contributed by atoms with E-state index in [-0.39, 0.29) is 5.78 Å². The average molecular weight is 210 g/mol. The van der Waals surface area contributed by atoms with Gasteiger partial charge in [0.05, 0.1) is 5.01 Å². The monoisotopic (exact) mass is 210 g/mol. The first-order chi connectivity index (χ1) is 6.66. The van der Waals surface area contributed by atoms with Crippen LogP contribution in [0.25, 0.3) is 0 Å². The van der Waals surface area contributed by atoms with Crippen LogP contribution in [0, 0.1) is 0 Å². The van der Waals surface area contributed by atoms with E-state index < -0.39 is 0 Å². The highest BCUT2D eigenvalue weighted by molar-refractivity contribution is 7.09. The fraction of sp³-hybridized carbons (Fsp3) is 0.600. The molecule has 1 saturated heterocycles. The van der Waals surface area contributed by atoms with Crippen LogP contribution in [0.15, 0.2) is 5.38 Å². The summed E-state index contributed by atoms with van der Waals surface area (Å²) in [5.41, 5.74) is 0.625. The number of likely N-dealkylation sites (N-methyl/N-ethyl adjacent to an activating group) is 1. The molecular weight excluding hydrogens is 196 g/mol. The Morgan fingerprint density at radius 1 is 1.71 bits per heavy atom. The topological polar surface area (TPSA) is 33.2 Å². The number of carbonyl (C=O) groups is 1. The average Bonchev–Trinajstić information content (AvgIpc) is 2.70. The lowest BCUT2D eigenvalue weighted by Crippen LogP contribution is -2.13. The zero-order valence-electron chi connectivity index (χ0n) is 8.49. The van der Waals surface area contributed by atoms with E-state index in [2.05, 4.69) is 16.9 Å². The molecule has 0 N–H and O–H groups in total. The predicted octanol–water partition coefficient (Wildman–Crippen LogP) is 1.76. The van der Waals surface area contributed by atoms with Crippen molar-refractivity contribution in [3.63, 3.8) is 0 Å². The summed E-state index contributed by atoms with van der Waals surface area (Å²) in [5.74, 6) is 0.608. The van der Waals surface area contributed by atoms with Crippen LogP contribution in [-0.2, 0) is 0 Å². The van der Waals surface area contributed by atoms with E-state index in [1.165, 1.54) is 6.42 Å². The third-order valence-corrected chi connectivity index (χ3v) is 3.63. The maximum Gasteiger partial charge on any atom is 0.178 e.